The molecule has 1 aliphatic rings. The number of likely N-dealkylation sites (N-methyl/N-ethyl adjacent to an activating group) is 1. The number of ether oxygens (including phenoxy) is 1. The van der Waals surface area contributed by atoms with Crippen LogP contribution in [0.4, 0.5) is 0 Å². The molecule has 1 heterocycles. The van der Waals surface area contributed by atoms with Gasteiger partial charge >= 0.3 is 0 Å². The maximum atomic E-state index is 12.1. The van der Waals surface area contributed by atoms with Crippen LogP contribution in [0.1, 0.15) is 30.0 Å². The molecule has 2 aromatic carbocycles. The van der Waals surface area contributed by atoms with Gasteiger partial charge in [0.25, 0.3) is 0 Å². The molecule has 1 saturated heterocycles. The van der Waals surface area contributed by atoms with E-state index in [9.17, 15) is 4.79 Å². The zero-order valence-corrected chi connectivity index (χ0v) is 19.4. The Kier molecular flexibility index (Phi) is 8.92. The summed E-state index contributed by atoms with van der Waals surface area (Å²) in [6, 6.07) is 18.7. The largest absolute Gasteiger partial charge is 0.497 e. The standard InChI is InChI=1S/C25H35N5O2/c1-29(2)24(31)19-28-25(26-17-20-11-13-22(32-3)14-12-20)27-18-23(30-15-7-8-16-30)21-9-5-4-6-10-21/h4-6,9-14,23H,7-8,15-19H2,1-3H3,(H2,26,27,28). The van der Waals surface area contributed by atoms with Gasteiger partial charge in [-0.1, -0.05) is 42.5 Å². The van der Waals surface area contributed by atoms with Gasteiger partial charge in [0, 0.05) is 20.6 Å². The number of likely N-dealkylation sites (tertiary alicyclic amines) is 1. The van der Waals surface area contributed by atoms with E-state index >= 15 is 0 Å². The number of amides is 1. The first kappa shape index (κ1) is 23.6. The summed E-state index contributed by atoms with van der Waals surface area (Å²) in [5.41, 5.74) is 2.37. The number of benzene rings is 2. The van der Waals surface area contributed by atoms with Crippen LogP contribution in [0, 0.1) is 0 Å². The van der Waals surface area contributed by atoms with Crippen molar-refractivity contribution in [2.75, 3.05) is 47.4 Å². The third kappa shape index (κ3) is 6.99. The van der Waals surface area contributed by atoms with Gasteiger partial charge in [-0.3, -0.25) is 9.69 Å². The number of hydrogen-bond acceptors (Lipinski definition) is 4. The minimum absolute atomic E-state index is 0.00287. The van der Waals surface area contributed by atoms with E-state index in [4.69, 9.17) is 9.73 Å². The van der Waals surface area contributed by atoms with Crippen LogP contribution in [0.3, 0.4) is 0 Å². The number of guanidine groups is 1. The van der Waals surface area contributed by atoms with E-state index < -0.39 is 0 Å². The molecule has 172 valence electrons. The van der Waals surface area contributed by atoms with Gasteiger partial charge < -0.3 is 20.3 Å². The van der Waals surface area contributed by atoms with E-state index in [2.05, 4.69) is 39.8 Å². The van der Waals surface area contributed by atoms with Gasteiger partial charge in [0.05, 0.1) is 26.2 Å². The van der Waals surface area contributed by atoms with Crippen LogP contribution in [0.15, 0.2) is 59.6 Å². The van der Waals surface area contributed by atoms with E-state index in [1.165, 1.54) is 18.4 Å². The van der Waals surface area contributed by atoms with Crippen molar-refractivity contribution in [3.63, 3.8) is 0 Å². The number of aliphatic imine (C=N–C) groups is 1. The van der Waals surface area contributed by atoms with Crippen molar-refractivity contribution in [2.45, 2.75) is 25.4 Å². The van der Waals surface area contributed by atoms with Crippen molar-refractivity contribution in [2.24, 2.45) is 4.99 Å². The van der Waals surface area contributed by atoms with Gasteiger partial charge in [0.15, 0.2) is 5.96 Å². The Bertz CT molecular complexity index is 862. The molecule has 1 unspecified atom stereocenters. The smallest absolute Gasteiger partial charge is 0.241 e. The monoisotopic (exact) mass is 437 g/mol. The second-order valence-electron chi connectivity index (χ2n) is 8.21. The van der Waals surface area contributed by atoms with E-state index in [1.54, 1.807) is 26.1 Å². The van der Waals surface area contributed by atoms with E-state index in [0.29, 0.717) is 19.0 Å². The first-order chi connectivity index (χ1) is 15.6. The predicted octanol–water partition coefficient (Wildman–Crippen LogP) is 2.66. The fourth-order valence-electron chi connectivity index (χ4n) is 3.77. The fourth-order valence-corrected chi connectivity index (χ4v) is 3.77. The third-order valence-corrected chi connectivity index (χ3v) is 5.71. The Labute approximate surface area is 191 Å². The average molecular weight is 438 g/mol. The summed E-state index contributed by atoms with van der Waals surface area (Å²) in [6.07, 6.45) is 2.47. The molecule has 0 spiro atoms. The summed E-state index contributed by atoms with van der Waals surface area (Å²) in [4.78, 5) is 21.0. The summed E-state index contributed by atoms with van der Waals surface area (Å²) in [5.74, 6) is 1.46. The molecule has 2 aromatic rings. The lowest BCUT2D eigenvalue weighted by molar-refractivity contribution is -0.127. The Morgan fingerprint density at radius 2 is 1.75 bits per heavy atom. The molecule has 0 radical (unpaired) electrons. The van der Waals surface area contributed by atoms with Crippen molar-refractivity contribution >= 4 is 11.9 Å². The molecule has 3 rings (SSSR count). The second-order valence-corrected chi connectivity index (χ2v) is 8.21. The van der Waals surface area contributed by atoms with Gasteiger partial charge in [-0.05, 0) is 49.2 Å². The number of nitrogens with one attached hydrogen (secondary N) is 2. The van der Waals surface area contributed by atoms with Crippen LogP contribution in [0.2, 0.25) is 0 Å². The fraction of sp³-hybridized carbons (Fsp3) is 0.440. The predicted molar refractivity (Wildman–Crippen MR) is 129 cm³/mol. The molecular formula is C25H35N5O2. The Hall–Kier alpha value is -3.06. The number of methoxy groups -OCH3 is 1. The number of rotatable bonds is 9. The SMILES string of the molecule is COc1ccc(CN=C(NCC(=O)N(C)C)NCC(c2ccccc2)N2CCCC2)cc1. The van der Waals surface area contributed by atoms with E-state index in [1.807, 2.05) is 30.3 Å². The zero-order valence-electron chi connectivity index (χ0n) is 19.4. The van der Waals surface area contributed by atoms with E-state index in [0.717, 1.165) is 24.4 Å². The van der Waals surface area contributed by atoms with Crippen LogP contribution in [0.25, 0.3) is 0 Å². The molecule has 0 aromatic heterocycles. The number of nitrogens with zero attached hydrogens (tertiary/aromatic N) is 3. The van der Waals surface area contributed by atoms with Crippen LogP contribution in [-0.2, 0) is 11.3 Å². The van der Waals surface area contributed by atoms with Gasteiger partial charge in [-0.2, -0.15) is 0 Å². The normalized spacial score (nSPS) is 15.3. The van der Waals surface area contributed by atoms with Crippen molar-refractivity contribution in [3.05, 3.63) is 65.7 Å². The molecule has 1 amide bonds. The highest BCUT2D eigenvalue weighted by Crippen LogP contribution is 2.24. The summed E-state index contributed by atoms with van der Waals surface area (Å²) in [7, 11) is 5.17. The Morgan fingerprint density at radius 1 is 1.06 bits per heavy atom. The van der Waals surface area contributed by atoms with Crippen LogP contribution >= 0.6 is 0 Å². The molecule has 0 aliphatic carbocycles. The molecule has 1 atom stereocenters. The van der Waals surface area contributed by atoms with Gasteiger partial charge in [0.2, 0.25) is 5.91 Å². The van der Waals surface area contributed by atoms with Crippen LogP contribution < -0.4 is 15.4 Å². The molecular weight excluding hydrogens is 402 g/mol. The molecule has 1 aliphatic heterocycles. The van der Waals surface area contributed by atoms with E-state index in [-0.39, 0.29) is 18.5 Å². The zero-order chi connectivity index (χ0) is 22.8. The topological polar surface area (TPSA) is 69.2 Å². The summed E-state index contributed by atoms with van der Waals surface area (Å²) >= 11 is 0. The minimum Gasteiger partial charge on any atom is -0.497 e. The number of carbonyl (C=O) groups is 1. The molecule has 7 heteroatoms. The van der Waals surface area contributed by atoms with Crippen LogP contribution in [-0.4, -0.2) is 69.1 Å². The molecule has 2 N–H and O–H groups in total. The van der Waals surface area contributed by atoms with Crippen molar-refractivity contribution in [1.29, 1.82) is 0 Å². The maximum absolute atomic E-state index is 12.1. The first-order valence-corrected chi connectivity index (χ1v) is 11.2. The van der Waals surface area contributed by atoms with Gasteiger partial charge in [-0.25, -0.2) is 4.99 Å². The first-order valence-electron chi connectivity index (χ1n) is 11.2. The quantitative estimate of drug-likeness (QED) is 0.466. The molecule has 0 saturated carbocycles. The van der Waals surface area contributed by atoms with Crippen molar-refractivity contribution < 1.29 is 9.53 Å². The highest BCUT2D eigenvalue weighted by Gasteiger charge is 2.23. The minimum atomic E-state index is 0.00287. The summed E-state index contributed by atoms with van der Waals surface area (Å²) in [6.45, 7) is 3.63. The number of carbonyl (C=O) groups excluding carboxylic acids is 1. The average Bonchev–Trinajstić information content (AvgIpc) is 3.35. The third-order valence-electron chi connectivity index (χ3n) is 5.71. The molecule has 1 fully saturated rings. The lowest BCUT2D eigenvalue weighted by Crippen LogP contribution is -2.45. The summed E-state index contributed by atoms with van der Waals surface area (Å²) in [5, 5.41) is 6.68. The Morgan fingerprint density at radius 3 is 2.38 bits per heavy atom. The van der Waals surface area contributed by atoms with Gasteiger partial charge in [0.1, 0.15) is 5.75 Å². The maximum Gasteiger partial charge on any atom is 0.241 e. The second kappa shape index (κ2) is 12.1. The van der Waals surface area contributed by atoms with Crippen molar-refractivity contribution in [3.8, 4) is 5.75 Å². The molecule has 7 nitrogen and oxygen atoms in total. The summed E-state index contributed by atoms with van der Waals surface area (Å²) < 4.78 is 5.23. The molecule has 0 bridgehead atoms. The lowest BCUT2D eigenvalue weighted by Gasteiger charge is -2.29. The lowest BCUT2D eigenvalue weighted by atomic mass is 10.1. The van der Waals surface area contributed by atoms with Crippen molar-refractivity contribution in [1.82, 2.24) is 20.4 Å². The highest BCUT2D eigenvalue weighted by molar-refractivity contribution is 5.86. The van der Waals surface area contributed by atoms with Gasteiger partial charge in [-0.15, -0.1) is 0 Å². The number of hydrogen-bond donors (Lipinski definition) is 2. The Balaban J connectivity index is 1.71. The highest BCUT2D eigenvalue weighted by atomic mass is 16.5. The van der Waals surface area contributed by atoms with Crippen LogP contribution in [0.5, 0.6) is 5.75 Å². The molecule has 32 heavy (non-hydrogen) atoms.